The molecule has 0 radical (unpaired) electrons. The topological polar surface area (TPSA) is 102 Å². The highest BCUT2D eigenvalue weighted by Gasteiger charge is 2.70. The fraction of sp³-hybridized carbons (Fsp3) is 0.395. The van der Waals surface area contributed by atoms with Crippen LogP contribution >= 0.6 is 23.2 Å². The molecule has 10 heteroatoms. The quantitative estimate of drug-likeness (QED) is 0.145. The number of hydrogen-bond donors (Lipinski definition) is 4. The zero-order chi connectivity index (χ0) is 37.7. The van der Waals surface area contributed by atoms with E-state index in [1.165, 1.54) is 6.07 Å². The molecule has 7 rings (SSSR count). The van der Waals surface area contributed by atoms with Crippen molar-refractivity contribution in [2.75, 3.05) is 5.32 Å². The summed E-state index contributed by atoms with van der Waals surface area (Å²) < 4.78 is 16.8. The first kappa shape index (κ1) is 37.5. The minimum atomic E-state index is -1.53. The van der Waals surface area contributed by atoms with E-state index in [9.17, 15) is 10.2 Å². The number of carbonyl (C=O) groups excluding carboxylic acids is 2. The molecule has 1 aliphatic carbocycles. The van der Waals surface area contributed by atoms with Crippen molar-refractivity contribution >= 4 is 40.7 Å². The summed E-state index contributed by atoms with van der Waals surface area (Å²) in [5.41, 5.74) is 0.657. The number of fused-ring (bicyclic) bond motifs is 2. The largest absolute Gasteiger partial charge is 0.393 e. The standard InChI is InChI=1S/C43H46Cl2FN3O4/c1-42(2,3)24-34-43(31-22-17-27(44)23-33(31)48-41(43)53)35(30-15-10-16-32(45)36(30)46)38(40(52)47-28-18-20-29(50)21-19-28)49(34)37(25-11-6-4-7-12-25)39(51)26-13-8-5-9-14-26/h4-17,22-23,28-29,34-35,37-39,50-51H,18-21,24H2,1-3H3,(H,47,52)(H,48,53)/t28-,29-,34-,35+,37-,38-,39+,43+/m1/s1. The summed E-state index contributed by atoms with van der Waals surface area (Å²) >= 11 is 13.1. The van der Waals surface area contributed by atoms with Crippen LogP contribution < -0.4 is 10.6 Å². The number of anilines is 1. The molecule has 4 N–H and O–H groups in total. The van der Waals surface area contributed by atoms with E-state index in [1.54, 1.807) is 24.3 Å². The van der Waals surface area contributed by atoms with Gasteiger partial charge in [0, 0.05) is 28.7 Å². The van der Waals surface area contributed by atoms with Gasteiger partial charge in [-0.15, -0.1) is 0 Å². The maximum atomic E-state index is 16.8. The van der Waals surface area contributed by atoms with Crippen LogP contribution in [0.4, 0.5) is 10.1 Å². The van der Waals surface area contributed by atoms with Gasteiger partial charge >= 0.3 is 0 Å². The molecule has 4 aromatic rings. The van der Waals surface area contributed by atoms with Gasteiger partial charge in [0.1, 0.15) is 11.2 Å². The minimum Gasteiger partial charge on any atom is -0.393 e. The van der Waals surface area contributed by atoms with E-state index in [-0.39, 0.29) is 28.4 Å². The molecule has 0 unspecified atom stereocenters. The molecule has 1 saturated carbocycles. The molecule has 4 aromatic carbocycles. The van der Waals surface area contributed by atoms with Gasteiger partial charge in [-0.25, -0.2) is 4.39 Å². The highest BCUT2D eigenvalue weighted by Crippen LogP contribution is 2.63. The van der Waals surface area contributed by atoms with Crippen LogP contribution in [0, 0.1) is 11.2 Å². The second-order valence-electron chi connectivity index (χ2n) is 16.0. The predicted molar refractivity (Wildman–Crippen MR) is 206 cm³/mol. The van der Waals surface area contributed by atoms with E-state index in [0.717, 1.165) is 5.56 Å². The summed E-state index contributed by atoms with van der Waals surface area (Å²) in [7, 11) is 0. The number of aliphatic hydroxyl groups excluding tert-OH is 2. The fourth-order valence-corrected chi connectivity index (χ4v) is 9.56. The van der Waals surface area contributed by atoms with Gasteiger partial charge in [-0.2, -0.15) is 0 Å². The van der Waals surface area contributed by atoms with Crippen LogP contribution in [-0.4, -0.2) is 51.2 Å². The van der Waals surface area contributed by atoms with Gasteiger partial charge in [0.25, 0.3) is 0 Å². The predicted octanol–water partition coefficient (Wildman–Crippen LogP) is 8.49. The van der Waals surface area contributed by atoms with Crippen LogP contribution in [0.15, 0.2) is 97.1 Å². The number of aliphatic hydroxyl groups is 2. The maximum Gasteiger partial charge on any atom is 0.238 e. The summed E-state index contributed by atoms with van der Waals surface area (Å²) in [6.45, 7) is 6.24. The first-order valence-corrected chi connectivity index (χ1v) is 19.2. The molecule has 3 aliphatic rings. The van der Waals surface area contributed by atoms with Crippen LogP contribution in [0.2, 0.25) is 10.0 Å². The third kappa shape index (κ3) is 6.89. The maximum absolute atomic E-state index is 16.8. The van der Waals surface area contributed by atoms with Gasteiger partial charge in [-0.05, 0) is 78.0 Å². The Kier molecular flexibility index (Phi) is 10.5. The van der Waals surface area contributed by atoms with E-state index >= 15 is 14.0 Å². The molecular formula is C43H46Cl2FN3O4. The van der Waals surface area contributed by atoms with E-state index in [0.29, 0.717) is 53.9 Å². The molecule has 2 heterocycles. The van der Waals surface area contributed by atoms with Gasteiger partial charge in [0.15, 0.2) is 0 Å². The highest BCUT2D eigenvalue weighted by molar-refractivity contribution is 6.31. The lowest BCUT2D eigenvalue weighted by atomic mass is 9.62. The summed E-state index contributed by atoms with van der Waals surface area (Å²) in [6.07, 6.45) is 1.02. The number of rotatable bonds is 8. The van der Waals surface area contributed by atoms with E-state index in [2.05, 4.69) is 31.4 Å². The van der Waals surface area contributed by atoms with Crippen LogP contribution in [0.1, 0.15) is 93.2 Å². The number of benzene rings is 4. The monoisotopic (exact) mass is 757 g/mol. The Bertz CT molecular complexity index is 1970. The molecule has 6 atom stereocenters. The molecule has 7 nitrogen and oxygen atoms in total. The Balaban J connectivity index is 1.56. The van der Waals surface area contributed by atoms with Crippen LogP contribution in [0.3, 0.4) is 0 Å². The van der Waals surface area contributed by atoms with E-state index in [1.807, 2.05) is 71.6 Å². The van der Waals surface area contributed by atoms with Crippen molar-refractivity contribution in [2.45, 2.75) is 101 Å². The van der Waals surface area contributed by atoms with Crippen LogP contribution in [-0.2, 0) is 15.0 Å². The average molecular weight is 759 g/mol. The molecule has 53 heavy (non-hydrogen) atoms. The third-order valence-corrected chi connectivity index (χ3v) is 11.9. The Morgan fingerprint density at radius 1 is 0.943 bits per heavy atom. The molecular weight excluding hydrogens is 712 g/mol. The fourth-order valence-electron chi connectivity index (χ4n) is 9.21. The first-order valence-electron chi connectivity index (χ1n) is 18.4. The van der Waals surface area contributed by atoms with Crippen molar-refractivity contribution in [3.63, 3.8) is 0 Å². The van der Waals surface area contributed by atoms with Gasteiger partial charge in [0.2, 0.25) is 11.8 Å². The van der Waals surface area contributed by atoms with Crippen LogP contribution in [0.5, 0.6) is 0 Å². The number of nitrogens with one attached hydrogen (secondary N) is 2. The van der Waals surface area contributed by atoms with E-state index in [4.69, 9.17) is 23.2 Å². The van der Waals surface area contributed by atoms with Crippen molar-refractivity contribution in [1.29, 1.82) is 0 Å². The SMILES string of the molecule is CC(C)(C)C[C@H]1N([C@H](c2ccccc2)[C@@H](O)c2ccccc2)[C@@H](C(=O)N[C@H]2CC[C@H](O)CC2)[C@H](c2cccc(Cl)c2F)[C@@]12C(=O)Nc1cc(Cl)ccc12. The van der Waals surface area contributed by atoms with Gasteiger partial charge in [-0.1, -0.05) is 123 Å². The number of carbonyl (C=O) groups is 2. The molecule has 0 aromatic heterocycles. The Labute approximate surface area is 320 Å². The number of hydrogen-bond acceptors (Lipinski definition) is 5. The van der Waals surface area contributed by atoms with Crippen molar-refractivity contribution < 1.29 is 24.2 Å². The number of nitrogens with zero attached hydrogens (tertiary/aromatic N) is 1. The molecule has 2 amide bonds. The van der Waals surface area contributed by atoms with Gasteiger partial charge in [0.05, 0.1) is 29.3 Å². The smallest absolute Gasteiger partial charge is 0.238 e. The summed E-state index contributed by atoms with van der Waals surface area (Å²) in [5, 5.41) is 29.6. The van der Waals surface area contributed by atoms with Gasteiger partial charge in [-0.3, -0.25) is 14.5 Å². The second kappa shape index (κ2) is 14.8. The Morgan fingerprint density at radius 2 is 1.58 bits per heavy atom. The molecule has 278 valence electrons. The lowest BCUT2D eigenvalue weighted by Gasteiger charge is -2.44. The molecule has 1 spiro atoms. The zero-order valence-electron chi connectivity index (χ0n) is 30.1. The van der Waals surface area contributed by atoms with E-state index < -0.39 is 52.9 Å². The average Bonchev–Trinajstić information content (AvgIpc) is 3.57. The van der Waals surface area contributed by atoms with Crippen molar-refractivity contribution in [1.82, 2.24) is 10.2 Å². The van der Waals surface area contributed by atoms with Crippen molar-refractivity contribution in [3.05, 3.63) is 135 Å². The Morgan fingerprint density at radius 3 is 2.23 bits per heavy atom. The molecule has 2 aliphatic heterocycles. The highest BCUT2D eigenvalue weighted by atomic mass is 35.5. The lowest BCUT2D eigenvalue weighted by Crippen LogP contribution is -2.54. The third-order valence-electron chi connectivity index (χ3n) is 11.4. The number of amides is 2. The molecule has 1 saturated heterocycles. The van der Waals surface area contributed by atoms with Crippen molar-refractivity contribution in [2.24, 2.45) is 5.41 Å². The molecule has 0 bridgehead atoms. The molecule has 2 fully saturated rings. The first-order chi connectivity index (χ1) is 25.3. The Hall–Kier alpha value is -3.79. The number of likely N-dealkylation sites (tertiary alicyclic amines) is 1. The normalized spacial score (nSPS) is 26.9. The number of halogens is 3. The summed E-state index contributed by atoms with van der Waals surface area (Å²) in [4.78, 5) is 32.6. The van der Waals surface area contributed by atoms with Gasteiger partial charge < -0.3 is 20.8 Å². The van der Waals surface area contributed by atoms with Crippen LogP contribution in [0.25, 0.3) is 0 Å². The van der Waals surface area contributed by atoms with Crippen molar-refractivity contribution in [3.8, 4) is 0 Å². The summed E-state index contributed by atoms with van der Waals surface area (Å²) in [6, 6.07) is 25.7. The summed E-state index contributed by atoms with van der Waals surface area (Å²) in [5.74, 6) is -2.57. The zero-order valence-corrected chi connectivity index (χ0v) is 31.6. The lowest BCUT2D eigenvalue weighted by molar-refractivity contribution is -0.130. The second-order valence-corrected chi connectivity index (χ2v) is 16.9. The minimum absolute atomic E-state index is 0.123.